The van der Waals surface area contributed by atoms with Crippen LogP contribution in [0, 0.1) is 0 Å². The summed E-state index contributed by atoms with van der Waals surface area (Å²) in [7, 11) is 0. The molecular weight excluding hydrogens is 1010 g/mol. The first-order valence-corrected chi connectivity index (χ1v) is 33.5. The lowest BCUT2D eigenvalue weighted by Crippen LogP contribution is -2.30. The van der Waals surface area contributed by atoms with Gasteiger partial charge < -0.3 is 14.2 Å². The van der Waals surface area contributed by atoms with Crippen LogP contribution in [-0.2, 0) is 28.6 Å². The van der Waals surface area contributed by atoms with E-state index in [-0.39, 0.29) is 31.1 Å². The van der Waals surface area contributed by atoms with Crippen LogP contribution in [0.2, 0.25) is 0 Å². The van der Waals surface area contributed by atoms with Gasteiger partial charge in [-0.05, 0) is 148 Å². The van der Waals surface area contributed by atoms with E-state index in [9.17, 15) is 14.4 Å². The number of esters is 3. The summed E-state index contributed by atoms with van der Waals surface area (Å²) in [6.45, 7) is 6.37. The fourth-order valence-corrected chi connectivity index (χ4v) is 8.80. The molecule has 0 aromatic carbocycles. The highest BCUT2D eigenvalue weighted by Crippen LogP contribution is 2.15. The average molecular weight is 1130 g/mol. The van der Waals surface area contributed by atoms with E-state index in [0.717, 1.165) is 180 Å². The predicted molar refractivity (Wildman–Crippen MR) is 357 cm³/mol. The second-order valence-corrected chi connectivity index (χ2v) is 21.6. The Morgan fingerprint density at radius 1 is 0.256 bits per heavy atom. The number of unbranched alkanes of at least 4 members (excludes halogenated alkanes) is 22. The molecule has 82 heavy (non-hydrogen) atoms. The normalized spacial score (nSPS) is 13.2. The lowest BCUT2D eigenvalue weighted by molar-refractivity contribution is -0.167. The summed E-state index contributed by atoms with van der Waals surface area (Å²) in [6, 6.07) is 0. The number of carbonyl (C=O) groups excluding carboxylic acids is 3. The molecule has 0 aromatic heterocycles. The van der Waals surface area contributed by atoms with E-state index in [2.05, 4.69) is 179 Å². The molecule has 0 aromatic rings. The van der Waals surface area contributed by atoms with E-state index in [4.69, 9.17) is 14.2 Å². The highest BCUT2D eigenvalue weighted by molar-refractivity contribution is 5.71. The molecule has 6 nitrogen and oxygen atoms in total. The first-order valence-electron chi connectivity index (χ1n) is 33.5. The molecule has 462 valence electrons. The van der Waals surface area contributed by atoms with Crippen LogP contribution < -0.4 is 0 Å². The van der Waals surface area contributed by atoms with Crippen molar-refractivity contribution >= 4 is 17.9 Å². The van der Waals surface area contributed by atoms with E-state index >= 15 is 0 Å². The zero-order chi connectivity index (χ0) is 59.2. The van der Waals surface area contributed by atoms with Crippen molar-refractivity contribution in [2.75, 3.05) is 13.2 Å². The first-order chi connectivity index (χ1) is 40.5. The fourth-order valence-electron chi connectivity index (χ4n) is 8.80. The lowest BCUT2D eigenvalue weighted by Gasteiger charge is -2.18. The molecule has 0 aliphatic rings. The number of carbonyl (C=O) groups is 3. The topological polar surface area (TPSA) is 78.9 Å². The molecule has 0 bridgehead atoms. The molecule has 6 heteroatoms. The standard InChI is InChI=1S/C76H122O6/c1-4-7-10-13-16-19-22-25-28-31-33-35-37-38-40-41-43-45-48-51-54-57-60-63-66-69-75(78)81-72-73(71-80-74(77)68-65-62-59-56-53-50-47-30-27-24-21-18-15-12-9-6-3)82-76(79)70-67-64-61-58-55-52-49-46-44-42-39-36-34-32-29-26-23-20-17-14-11-8-5-2/h7-8,10-11,16-17,19-21,24-26,28-30,33-36,38,40,42-45,47,73H,4-6,9,12-15,18,22-23,27,31-32,37,39,41,46,48-72H2,1-3H3/b10-7-,11-8-,19-16-,20-17-,24-21-,28-25-,29-26-,35-33-,36-34-,40-38-,44-42-,45-43-,47-30-. The Morgan fingerprint density at radius 2 is 0.476 bits per heavy atom. The van der Waals surface area contributed by atoms with Crippen LogP contribution in [0.25, 0.3) is 0 Å². The Balaban J connectivity index is 4.48. The van der Waals surface area contributed by atoms with Gasteiger partial charge in [0.25, 0.3) is 0 Å². The number of hydrogen-bond donors (Lipinski definition) is 0. The van der Waals surface area contributed by atoms with Crippen LogP contribution in [0.15, 0.2) is 158 Å². The van der Waals surface area contributed by atoms with Crippen LogP contribution >= 0.6 is 0 Å². The van der Waals surface area contributed by atoms with E-state index in [0.29, 0.717) is 19.3 Å². The Bertz CT molecular complexity index is 1830. The van der Waals surface area contributed by atoms with Gasteiger partial charge in [0, 0.05) is 19.3 Å². The molecule has 0 aliphatic carbocycles. The third-order valence-electron chi connectivity index (χ3n) is 13.7. The summed E-state index contributed by atoms with van der Waals surface area (Å²) < 4.78 is 16.9. The summed E-state index contributed by atoms with van der Waals surface area (Å²) >= 11 is 0. The Kier molecular flexibility index (Phi) is 64.4. The van der Waals surface area contributed by atoms with Crippen LogP contribution in [0.5, 0.6) is 0 Å². The molecule has 0 rings (SSSR count). The zero-order valence-corrected chi connectivity index (χ0v) is 52.9. The van der Waals surface area contributed by atoms with Crippen molar-refractivity contribution in [1.29, 1.82) is 0 Å². The highest BCUT2D eigenvalue weighted by Gasteiger charge is 2.19. The van der Waals surface area contributed by atoms with Gasteiger partial charge in [0.1, 0.15) is 13.2 Å². The number of allylic oxidation sites excluding steroid dienone is 26. The molecule has 0 heterocycles. The first kappa shape index (κ1) is 77.0. The average Bonchev–Trinajstić information content (AvgIpc) is 3.47. The molecule has 0 saturated heterocycles. The number of rotatable bonds is 59. The largest absolute Gasteiger partial charge is 0.462 e. The van der Waals surface area contributed by atoms with Gasteiger partial charge in [-0.2, -0.15) is 0 Å². The molecule has 1 atom stereocenters. The zero-order valence-electron chi connectivity index (χ0n) is 52.9. The van der Waals surface area contributed by atoms with Crippen molar-refractivity contribution in [3.05, 3.63) is 158 Å². The molecule has 0 fully saturated rings. The maximum Gasteiger partial charge on any atom is 0.306 e. The molecule has 0 aliphatic heterocycles. The summed E-state index contributed by atoms with van der Waals surface area (Å²) in [4.78, 5) is 38.4. The van der Waals surface area contributed by atoms with Gasteiger partial charge in [0.2, 0.25) is 0 Å². The summed E-state index contributed by atoms with van der Waals surface area (Å²) in [6.07, 6.45) is 99.5. The van der Waals surface area contributed by atoms with Crippen molar-refractivity contribution in [2.45, 2.75) is 290 Å². The molecular formula is C76H122O6. The number of ether oxygens (including phenoxy) is 3. The van der Waals surface area contributed by atoms with Crippen LogP contribution in [0.1, 0.15) is 284 Å². The Labute approximate surface area is 505 Å². The lowest BCUT2D eigenvalue weighted by atomic mass is 10.1. The van der Waals surface area contributed by atoms with E-state index in [1.54, 1.807) is 0 Å². The second-order valence-electron chi connectivity index (χ2n) is 21.6. The van der Waals surface area contributed by atoms with Gasteiger partial charge in [0.15, 0.2) is 6.10 Å². The van der Waals surface area contributed by atoms with Crippen molar-refractivity contribution in [1.82, 2.24) is 0 Å². The number of hydrogen-bond acceptors (Lipinski definition) is 6. The highest BCUT2D eigenvalue weighted by atomic mass is 16.6. The SMILES string of the molecule is CC/C=C\C/C=C\C/C=C\C/C=C\C/C=C\C/C=C\CCCCCCCCC(=O)OCC(COC(=O)CCCCCCC/C=C\C/C=C\CCCCCC)OC(=O)CCCCCCCCC/C=C\C/C=C\C/C=C\C/C=C\C/C=C\CC. The third-order valence-corrected chi connectivity index (χ3v) is 13.7. The van der Waals surface area contributed by atoms with Gasteiger partial charge in [-0.15, -0.1) is 0 Å². The quantitative estimate of drug-likeness (QED) is 0.0261. The van der Waals surface area contributed by atoms with Crippen molar-refractivity contribution in [3.63, 3.8) is 0 Å². The Hall–Kier alpha value is -4.97. The minimum Gasteiger partial charge on any atom is -0.462 e. The summed E-state index contributed by atoms with van der Waals surface area (Å²) in [5.74, 6) is -0.939. The van der Waals surface area contributed by atoms with E-state index < -0.39 is 6.10 Å². The minimum atomic E-state index is -0.807. The van der Waals surface area contributed by atoms with Gasteiger partial charge in [-0.1, -0.05) is 275 Å². The van der Waals surface area contributed by atoms with Crippen molar-refractivity contribution in [3.8, 4) is 0 Å². The molecule has 0 saturated carbocycles. The van der Waals surface area contributed by atoms with Crippen LogP contribution in [0.3, 0.4) is 0 Å². The van der Waals surface area contributed by atoms with Gasteiger partial charge in [-0.25, -0.2) is 0 Å². The van der Waals surface area contributed by atoms with Crippen LogP contribution in [0.4, 0.5) is 0 Å². The second kappa shape index (κ2) is 68.5. The monoisotopic (exact) mass is 1130 g/mol. The maximum absolute atomic E-state index is 13.0. The van der Waals surface area contributed by atoms with E-state index in [1.807, 2.05) is 0 Å². The van der Waals surface area contributed by atoms with E-state index in [1.165, 1.54) is 64.2 Å². The summed E-state index contributed by atoms with van der Waals surface area (Å²) in [5.41, 5.74) is 0. The van der Waals surface area contributed by atoms with Crippen molar-refractivity contribution < 1.29 is 28.6 Å². The maximum atomic E-state index is 13.0. The van der Waals surface area contributed by atoms with Crippen molar-refractivity contribution in [2.24, 2.45) is 0 Å². The molecule has 0 spiro atoms. The fraction of sp³-hybridized carbons (Fsp3) is 0.618. The van der Waals surface area contributed by atoms with Gasteiger partial charge >= 0.3 is 17.9 Å². The molecule has 0 radical (unpaired) electrons. The van der Waals surface area contributed by atoms with Gasteiger partial charge in [0.05, 0.1) is 0 Å². The molecule has 0 amide bonds. The van der Waals surface area contributed by atoms with Gasteiger partial charge in [-0.3, -0.25) is 14.4 Å². The Morgan fingerprint density at radius 3 is 0.744 bits per heavy atom. The van der Waals surface area contributed by atoms with Crippen LogP contribution in [-0.4, -0.2) is 37.2 Å². The predicted octanol–water partition coefficient (Wildman–Crippen LogP) is 23.3. The smallest absolute Gasteiger partial charge is 0.306 e. The minimum absolute atomic E-state index is 0.101. The third kappa shape index (κ3) is 65.8. The molecule has 1 unspecified atom stereocenters. The molecule has 0 N–H and O–H groups in total. The summed E-state index contributed by atoms with van der Waals surface area (Å²) in [5, 5.41) is 0.